The van der Waals surface area contributed by atoms with Gasteiger partial charge in [0.2, 0.25) is 5.43 Å². The van der Waals surface area contributed by atoms with Gasteiger partial charge in [-0.2, -0.15) is 0 Å². The zero-order valence-electron chi connectivity index (χ0n) is 13.1. The second-order valence-electron chi connectivity index (χ2n) is 5.75. The summed E-state index contributed by atoms with van der Waals surface area (Å²) in [7, 11) is 0. The Balaban J connectivity index is 2.06. The van der Waals surface area contributed by atoms with Crippen LogP contribution in [0.3, 0.4) is 0 Å². The molecule has 126 valence electrons. The van der Waals surface area contributed by atoms with Crippen molar-refractivity contribution < 1.29 is 14.7 Å². The summed E-state index contributed by atoms with van der Waals surface area (Å²) >= 11 is 1.31. The minimum atomic E-state index is -1.30. The maximum Gasteiger partial charge on any atom is 0.341 e. The van der Waals surface area contributed by atoms with Crippen LogP contribution in [-0.2, 0) is 4.79 Å². The van der Waals surface area contributed by atoms with Crippen molar-refractivity contribution in [2.24, 2.45) is 0 Å². The van der Waals surface area contributed by atoms with E-state index in [2.05, 4.69) is 9.97 Å². The lowest BCUT2D eigenvalue weighted by Crippen LogP contribution is -2.47. The number of aryl methyl sites for hydroxylation is 1. The smallest absolute Gasteiger partial charge is 0.341 e. The average Bonchev–Trinajstić information content (AvgIpc) is 3.05. The van der Waals surface area contributed by atoms with Crippen molar-refractivity contribution in [2.75, 3.05) is 18.0 Å². The number of hydrogen-bond donors (Lipinski definition) is 1. The van der Waals surface area contributed by atoms with Crippen LogP contribution in [0.1, 0.15) is 15.9 Å². The molecule has 3 aromatic heterocycles. The van der Waals surface area contributed by atoms with E-state index in [0.717, 1.165) is 0 Å². The maximum atomic E-state index is 12.6. The quantitative estimate of drug-likeness (QED) is 0.752. The number of hydrogen-bond acceptors (Lipinski definition) is 7. The van der Waals surface area contributed by atoms with E-state index in [4.69, 9.17) is 0 Å². The predicted octanol–water partition coefficient (Wildman–Crippen LogP) is 1.24. The van der Waals surface area contributed by atoms with E-state index in [9.17, 15) is 19.5 Å². The second kappa shape index (κ2) is 5.49. The number of carbonyl (C=O) groups excluding carboxylic acids is 1. The number of Topliss-reactive ketones (excluding diaryl/α,β-unsaturated/α-hetero) is 1. The number of ketones is 1. The predicted molar refractivity (Wildman–Crippen MR) is 91.9 cm³/mol. The third-order valence-electron chi connectivity index (χ3n) is 4.06. The molecule has 1 aliphatic heterocycles. The number of rotatable bonds is 3. The highest BCUT2D eigenvalue weighted by molar-refractivity contribution is 7.12. The molecule has 0 spiro atoms. The van der Waals surface area contributed by atoms with Gasteiger partial charge in [-0.1, -0.05) is 0 Å². The van der Waals surface area contributed by atoms with E-state index in [1.54, 1.807) is 29.5 Å². The monoisotopic (exact) mass is 356 g/mol. The Labute approximate surface area is 145 Å². The van der Waals surface area contributed by atoms with Crippen LogP contribution >= 0.6 is 11.3 Å². The van der Waals surface area contributed by atoms with Crippen LogP contribution in [-0.4, -0.2) is 44.5 Å². The normalized spacial score (nSPS) is 14.0. The Morgan fingerprint density at radius 1 is 1.32 bits per heavy atom. The first-order valence-electron chi connectivity index (χ1n) is 7.42. The van der Waals surface area contributed by atoms with Gasteiger partial charge in [-0.15, -0.1) is 11.3 Å². The lowest BCUT2D eigenvalue weighted by Gasteiger charge is -2.30. The lowest BCUT2D eigenvalue weighted by atomic mass is 10.1. The molecule has 1 aliphatic rings. The molecule has 3 aromatic rings. The molecule has 4 rings (SSSR count). The van der Waals surface area contributed by atoms with Gasteiger partial charge in [0.05, 0.1) is 18.5 Å². The zero-order chi connectivity index (χ0) is 17.7. The minimum absolute atomic E-state index is 0.123. The lowest BCUT2D eigenvalue weighted by molar-refractivity contribution is -0.119. The molecule has 0 radical (unpaired) electrons. The molecule has 4 heterocycles. The molecular weight excluding hydrogens is 344 g/mol. The number of carboxylic acids is 1. The van der Waals surface area contributed by atoms with Crippen molar-refractivity contribution in [3.05, 3.63) is 45.2 Å². The first-order valence-corrected chi connectivity index (χ1v) is 8.30. The van der Waals surface area contributed by atoms with Crippen molar-refractivity contribution in [1.29, 1.82) is 0 Å². The van der Waals surface area contributed by atoms with Crippen LogP contribution in [0.2, 0.25) is 0 Å². The van der Waals surface area contributed by atoms with Crippen LogP contribution in [0.25, 0.3) is 16.2 Å². The Morgan fingerprint density at radius 3 is 2.68 bits per heavy atom. The van der Waals surface area contributed by atoms with E-state index < -0.39 is 11.4 Å². The number of nitrogens with zero attached hydrogens (tertiary/aromatic N) is 4. The fourth-order valence-corrected chi connectivity index (χ4v) is 3.43. The SMILES string of the molecule is Cc1cc(N2CC(=O)C2)nc2c1c(=O)c(C(=O)O)cn2-c1nccs1. The third kappa shape index (κ3) is 2.40. The van der Waals surface area contributed by atoms with Crippen molar-refractivity contribution in [3.63, 3.8) is 0 Å². The van der Waals surface area contributed by atoms with Gasteiger partial charge in [-0.25, -0.2) is 14.8 Å². The standard InChI is InChI=1S/C16H12N4O4S/c1-8-4-11(19-5-9(21)6-19)18-14-12(8)13(22)10(15(23)24)7-20(14)16-17-2-3-25-16/h2-4,7H,5-6H2,1H3,(H,23,24). The molecule has 0 bridgehead atoms. The third-order valence-corrected chi connectivity index (χ3v) is 4.83. The summed E-state index contributed by atoms with van der Waals surface area (Å²) in [4.78, 5) is 45.9. The van der Waals surface area contributed by atoms with Crippen molar-refractivity contribution >= 4 is 39.9 Å². The summed E-state index contributed by atoms with van der Waals surface area (Å²) in [5.74, 6) is -0.593. The first kappa shape index (κ1) is 15.5. The van der Waals surface area contributed by atoms with E-state index in [-0.39, 0.29) is 29.8 Å². The zero-order valence-corrected chi connectivity index (χ0v) is 13.9. The van der Waals surface area contributed by atoms with Crippen LogP contribution in [0.5, 0.6) is 0 Å². The number of aromatic carboxylic acids is 1. The Morgan fingerprint density at radius 2 is 2.08 bits per heavy atom. The largest absolute Gasteiger partial charge is 0.477 e. The fourth-order valence-electron chi connectivity index (χ4n) is 2.81. The van der Waals surface area contributed by atoms with E-state index in [0.29, 0.717) is 22.2 Å². The summed E-state index contributed by atoms with van der Waals surface area (Å²) in [5.41, 5.74) is 0.0306. The minimum Gasteiger partial charge on any atom is -0.477 e. The Hall–Kier alpha value is -3.07. The second-order valence-corrected chi connectivity index (χ2v) is 6.63. The van der Waals surface area contributed by atoms with E-state index in [1.165, 1.54) is 22.1 Å². The molecule has 0 aromatic carbocycles. The molecule has 0 unspecified atom stereocenters. The number of pyridine rings is 2. The first-order chi connectivity index (χ1) is 12.0. The number of fused-ring (bicyclic) bond motifs is 1. The fraction of sp³-hybridized carbons (Fsp3) is 0.188. The van der Waals surface area contributed by atoms with E-state index >= 15 is 0 Å². The summed E-state index contributed by atoms with van der Waals surface area (Å²) < 4.78 is 1.52. The van der Waals surface area contributed by atoms with Crippen LogP contribution in [0.15, 0.2) is 28.6 Å². The molecule has 25 heavy (non-hydrogen) atoms. The topological polar surface area (TPSA) is 105 Å². The van der Waals surface area contributed by atoms with Gasteiger partial charge >= 0.3 is 5.97 Å². The van der Waals surface area contributed by atoms with Crippen LogP contribution < -0.4 is 10.3 Å². The van der Waals surface area contributed by atoms with Gasteiger partial charge in [-0.05, 0) is 18.6 Å². The molecular formula is C16H12N4O4S. The summed E-state index contributed by atoms with van der Waals surface area (Å²) in [6.07, 6.45) is 2.85. The highest BCUT2D eigenvalue weighted by Crippen LogP contribution is 2.25. The molecule has 1 N–H and O–H groups in total. The number of anilines is 1. The summed E-state index contributed by atoms with van der Waals surface area (Å²) in [5, 5.41) is 11.9. The average molecular weight is 356 g/mol. The molecule has 9 heteroatoms. The van der Waals surface area contributed by atoms with Crippen molar-refractivity contribution in [1.82, 2.24) is 14.5 Å². The summed E-state index contributed by atoms with van der Waals surface area (Å²) in [6.45, 7) is 2.30. The number of carboxylic acid groups (broad SMARTS) is 1. The molecule has 8 nitrogen and oxygen atoms in total. The number of aromatic nitrogens is 3. The molecule has 0 saturated carbocycles. The number of thiazole rings is 1. The molecule has 1 saturated heterocycles. The van der Waals surface area contributed by atoms with Crippen molar-refractivity contribution in [3.8, 4) is 5.13 Å². The van der Waals surface area contributed by atoms with Gasteiger partial charge in [0, 0.05) is 17.8 Å². The molecule has 1 fully saturated rings. The van der Waals surface area contributed by atoms with Crippen LogP contribution in [0, 0.1) is 6.92 Å². The number of carbonyl (C=O) groups is 2. The van der Waals surface area contributed by atoms with Gasteiger partial charge < -0.3 is 10.0 Å². The summed E-state index contributed by atoms with van der Waals surface area (Å²) in [6, 6.07) is 1.70. The van der Waals surface area contributed by atoms with E-state index in [1.807, 2.05) is 0 Å². The molecule has 0 amide bonds. The molecule has 0 aliphatic carbocycles. The Bertz CT molecular complexity index is 1080. The van der Waals surface area contributed by atoms with Crippen molar-refractivity contribution in [2.45, 2.75) is 6.92 Å². The van der Waals surface area contributed by atoms with Gasteiger partial charge in [0.15, 0.2) is 16.6 Å². The highest BCUT2D eigenvalue weighted by atomic mass is 32.1. The Kier molecular flexibility index (Phi) is 3.39. The molecule has 0 atom stereocenters. The van der Waals surface area contributed by atoms with Gasteiger partial charge in [0.25, 0.3) is 0 Å². The van der Waals surface area contributed by atoms with Gasteiger partial charge in [0.1, 0.15) is 11.4 Å². The van der Waals surface area contributed by atoms with Crippen LogP contribution in [0.4, 0.5) is 5.82 Å². The highest BCUT2D eigenvalue weighted by Gasteiger charge is 2.27. The van der Waals surface area contributed by atoms with Gasteiger partial charge in [-0.3, -0.25) is 14.2 Å². The maximum absolute atomic E-state index is 12.6.